The molecule has 0 unspecified atom stereocenters. The average molecular weight is 270 g/mol. The standard InChI is InChI=1S/C13H16F2N2O2/c1-9(13(18)17-7-5-16-6-8-17)19-11-4-2-3-10(14)12(11)15/h2-4,9,16H,5-8H2,1H3/t9-/m1/s1. The molecule has 0 saturated carbocycles. The van der Waals surface area contributed by atoms with Crippen molar-refractivity contribution in [1.82, 2.24) is 10.2 Å². The molecule has 0 spiro atoms. The molecule has 1 aromatic rings. The largest absolute Gasteiger partial charge is 0.478 e. The summed E-state index contributed by atoms with van der Waals surface area (Å²) in [6, 6.07) is 3.65. The summed E-state index contributed by atoms with van der Waals surface area (Å²) in [5, 5.41) is 3.13. The Bertz CT molecular complexity index is 462. The molecule has 0 radical (unpaired) electrons. The molecule has 0 aliphatic carbocycles. The first-order valence-corrected chi connectivity index (χ1v) is 6.20. The van der Waals surface area contributed by atoms with Gasteiger partial charge in [0, 0.05) is 26.2 Å². The first-order chi connectivity index (χ1) is 9.09. The number of carbonyl (C=O) groups excluding carboxylic acids is 1. The third-order valence-electron chi connectivity index (χ3n) is 3.00. The van der Waals surface area contributed by atoms with E-state index < -0.39 is 17.7 Å². The number of nitrogens with one attached hydrogen (secondary N) is 1. The highest BCUT2D eigenvalue weighted by Crippen LogP contribution is 2.20. The van der Waals surface area contributed by atoms with Crippen LogP contribution in [0.4, 0.5) is 8.78 Å². The number of piperazine rings is 1. The molecule has 1 aliphatic rings. The molecule has 1 heterocycles. The quantitative estimate of drug-likeness (QED) is 0.896. The molecule has 6 heteroatoms. The van der Waals surface area contributed by atoms with E-state index in [1.807, 2.05) is 0 Å². The van der Waals surface area contributed by atoms with Crippen molar-refractivity contribution in [3.63, 3.8) is 0 Å². The van der Waals surface area contributed by atoms with Crippen LogP contribution in [-0.2, 0) is 4.79 Å². The maximum Gasteiger partial charge on any atom is 0.263 e. The fraction of sp³-hybridized carbons (Fsp3) is 0.462. The van der Waals surface area contributed by atoms with Crippen molar-refractivity contribution in [3.05, 3.63) is 29.8 Å². The highest BCUT2D eigenvalue weighted by atomic mass is 19.2. The Morgan fingerprint density at radius 3 is 2.74 bits per heavy atom. The van der Waals surface area contributed by atoms with E-state index in [0.717, 1.165) is 19.2 Å². The van der Waals surface area contributed by atoms with Gasteiger partial charge in [-0.1, -0.05) is 6.07 Å². The minimum absolute atomic E-state index is 0.217. The van der Waals surface area contributed by atoms with Gasteiger partial charge in [-0.15, -0.1) is 0 Å². The normalized spacial score (nSPS) is 17.1. The third-order valence-corrected chi connectivity index (χ3v) is 3.00. The van der Waals surface area contributed by atoms with Gasteiger partial charge in [0.2, 0.25) is 5.82 Å². The predicted octanol–water partition coefficient (Wildman–Crippen LogP) is 1.16. The van der Waals surface area contributed by atoms with Gasteiger partial charge in [0.15, 0.2) is 17.7 Å². The molecule has 1 atom stereocenters. The van der Waals surface area contributed by atoms with E-state index >= 15 is 0 Å². The maximum atomic E-state index is 13.4. The van der Waals surface area contributed by atoms with Gasteiger partial charge in [0.25, 0.3) is 5.91 Å². The van der Waals surface area contributed by atoms with Gasteiger partial charge < -0.3 is 15.0 Å². The highest BCUT2D eigenvalue weighted by Gasteiger charge is 2.24. The molecule has 1 aromatic carbocycles. The first-order valence-electron chi connectivity index (χ1n) is 6.20. The van der Waals surface area contributed by atoms with Crippen LogP contribution in [0.5, 0.6) is 5.75 Å². The summed E-state index contributed by atoms with van der Waals surface area (Å²) < 4.78 is 31.7. The molecule has 1 aliphatic heterocycles. The van der Waals surface area contributed by atoms with Gasteiger partial charge in [0.1, 0.15) is 0 Å². The number of rotatable bonds is 3. The van der Waals surface area contributed by atoms with E-state index in [9.17, 15) is 13.6 Å². The summed E-state index contributed by atoms with van der Waals surface area (Å²) in [5.41, 5.74) is 0. The summed E-state index contributed by atoms with van der Waals surface area (Å²) in [4.78, 5) is 13.7. The monoisotopic (exact) mass is 270 g/mol. The van der Waals surface area contributed by atoms with Gasteiger partial charge in [-0.3, -0.25) is 4.79 Å². The van der Waals surface area contributed by atoms with Crippen molar-refractivity contribution in [2.45, 2.75) is 13.0 Å². The molecule has 0 aromatic heterocycles. The second-order valence-electron chi connectivity index (χ2n) is 4.39. The Hall–Kier alpha value is -1.69. The number of amides is 1. The van der Waals surface area contributed by atoms with Crippen LogP contribution in [0.2, 0.25) is 0 Å². The minimum atomic E-state index is -1.07. The summed E-state index contributed by atoms with van der Waals surface area (Å²) >= 11 is 0. The Kier molecular flexibility index (Phi) is 4.31. The van der Waals surface area contributed by atoms with E-state index in [1.54, 1.807) is 4.90 Å². The van der Waals surface area contributed by atoms with E-state index in [2.05, 4.69) is 5.32 Å². The van der Waals surface area contributed by atoms with Gasteiger partial charge in [-0.05, 0) is 19.1 Å². The molecule has 2 rings (SSSR count). The van der Waals surface area contributed by atoms with Crippen molar-refractivity contribution in [1.29, 1.82) is 0 Å². The minimum Gasteiger partial charge on any atom is -0.478 e. The topological polar surface area (TPSA) is 41.6 Å². The predicted molar refractivity (Wildman–Crippen MR) is 65.9 cm³/mol. The lowest BCUT2D eigenvalue weighted by Gasteiger charge is -2.29. The Morgan fingerprint density at radius 2 is 2.05 bits per heavy atom. The molecule has 1 amide bonds. The number of benzene rings is 1. The van der Waals surface area contributed by atoms with Crippen LogP contribution in [0.1, 0.15) is 6.92 Å². The van der Waals surface area contributed by atoms with E-state index in [4.69, 9.17) is 4.74 Å². The summed E-state index contributed by atoms with van der Waals surface area (Å²) in [6.45, 7) is 4.19. The van der Waals surface area contributed by atoms with Gasteiger partial charge in [-0.2, -0.15) is 4.39 Å². The van der Waals surface area contributed by atoms with Crippen LogP contribution >= 0.6 is 0 Å². The van der Waals surface area contributed by atoms with Crippen LogP contribution in [0.25, 0.3) is 0 Å². The zero-order chi connectivity index (χ0) is 13.8. The van der Waals surface area contributed by atoms with Crippen LogP contribution in [0, 0.1) is 11.6 Å². The number of hydrogen-bond acceptors (Lipinski definition) is 3. The van der Waals surface area contributed by atoms with Gasteiger partial charge >= 0.3 is 0 Å². The SMILES string of the molecule is C[C@@H](Oc1cccc(F)c1F)C(=O)N1CCNCC1. The van der Waals surface area contributed by atoms with Crippen molar-refractivity contribution >= 4 is 5.91 Å². The third kappa shape index (κ3) is 3.20. The van der Waals surface area contributed by atoms with E-state index in [1.165, 1.54) is 19.1 Å². The highest BCUT2D eigenvalue weighted by molar-refractivity contribution is 5.81. The number of hydrogen-bond donors (Lipinski definition) is 1. The smallest absolute Gasteiger partial charge is 0.263 e. The molecule has 19 heavy (non-hydrogen) atoms. The van der Waals surface area contributed by atoms with E-state index in [0.29, 0.717) is 13.1 Å². The molecular formula is C13H16F2N2O2. The number of carbonyl (C=O) groups is 1. The maximum absolute atomic E-state index is 13.4. The van der Waals surface area contributed by atoms with Crippen molar-refractivity contribution < 1.29 is 18.3 Å². The second kappa shape index (κ2) is 5.97. The molecular weight excluding hydrogens is 254 g/mol. The summed E-state index contributed by atoms with van der Waals surface area (Å²) in [5.74, 6) is -2.51. The van der Waals surface area contributed by atoms with E-state index in [-0.39, 0.29) is 11.7 Å². The Balaban J connectivity index is 2.01. The Morgan fingerprint density at radius 1 is 1.37 bits per heavy atom. The summed E-state index contributed by atoms with van der Waals surface area (Å²) in [7, 11) is 0. The van der Waals surface area contributed by atoms with Gasteiger partial charge in [0.05, 0.1) is 0 Å². The molecule has 1 saturated heterocycles. The fourth-order valence-corrected chi connectivity index (χ4v) is 1.96. The zero-order valence-corrected chi connectivity index (χ0v) is 10.7. The second-order valence-corrected chi connectivity index (χ2v) is 4.39. The molecule has 1 N–H and O–H groups in total. The number of halogens is 2. The lowest BCUT2D eigenvalue weighted by molar-refractivity contribution is -0.138. The lowest BCUT2D eigenvalue weighted by Crippen LogP contribution is -2.50. The molecule has 104 valence electrons. The van der Waals surface area contributed by atoms with Crippen LogP contribution in [0.15, 0.2) is 18.2 Å². The molecule has 4 nitrogen and oxygen atoms in total. The van der Waals surface area contributed by atoms with Crippen molar-refractivity contribution in [2.75, 3.05) is 26.2 Å². The van der Waals surface area contributed by atoms with Crippen LogP contribution in [0.3, 0.4) is 0 Å². The lowest BCUT2D eigenvalue weighted by atomic mass is 10.2. The van der Waals surface area contributed by atoms with Crippen molar-refractivity contribution in [3.8, 4) is 5.75 Å². The Labute approximate surface area is 110 Å². The van der Waals surface area contributed by atoms with Crippen molar-refractivity contribution in [2.24, 2.45) is 0 Å². The fourth-order valence-electron chi connectivity index (χ4n) is 1.96. The number of ether oxygens (including phenoxy) is 1. The molecule has 1 fully saturated rings. The zero-order valence-electron chi connectivity index (χ0n) is 10.7. The molecule has 0 bridgehead atoms. The first kappa shape index (κ1) is 13.7. The number of nitrogens with zero attached hydrogens (tertiary/aromatic N) is 1. The van der Waals surface area contributed by atoms with Gasteiger partial charge in [-0.25, -0.2) is 4.39 Å². The van der Waals surface area contributed by atoms with Crippen LogP contribution < -0.4 is 10.1 Å². The van der Waals surface area contributed by atoms with Crippen LogP contribution in [-0.4, -0.2) is 43.1 Å². The average Bonchev–Trinajstić information content (AvgIpc) is 2.44. The summed E-state index contributed by atoms with van der Waals surface area (Å²) in [6.07, 6.45) is -0.839.